The maximum atomic E-state index is 11.6. The topological polar surface area (TPSA) is 84.4 Å². The van der Waals surface area contributed by atoms with Gasteiger partial charge in [-0.05, 0) is 43.0 Å². The van der Waals surface area contributed by atoms with Crippen molar-refractivity contribution in [1.29, 1.82) is 0 Å². The highest BCUT2D eigenvalue weighted by Gasteiger charge is 2.22. The molecule has 6 nitrogen and oxygen atoms in total. The number of rotatable bonds is 13. The second-order valence-corrected chi connectivity index (χ2v) is 10.6. The summed E-state index contributed by atoms with van der Waals surface area (Å²) in [5.41, 5.74) is 10.9. The average molecular weight is 525 g/mol. The zero-order chi connectivity index (χ0) is 27.8. The lowest BCUT2D eigenvalue weighted by molar-refractivity contribution is 0.0997. The number of nitrogens with two attached hydrogens (primary N) is 1. The molecule has 3 N–H and O–H groups in total. The van der Waals surface area contributed by atoms with E-state index in [-0.39, 0.29) is 11.3 Å². The van der Waals surface area contributed by atoms with Crippen LogP contribution in [0, 0.1) is 5.92 Å². The molecule has 0 atom stereocenters. The molecular formula is C33H40N4O2. The van der Waals surface area contributed by atoms with Crippen LogP contribution in [-0.4, -0.2) is 32.0 Å². The molecule has 0 aliphatic rings. The third-order valence-corrected chi connectivity index (χ3v) is 7.02. The third kappa shape index (κ3) is 7.15. The van der Waals surface area contributed by atoms with Crippen molar-refractivity contribution < 1.29 is 9.90 Å². The van der Waals surface area contributed by atoms with E-state index in [0.717, 1.165) is 60.6 Å². The van der Waals surface area contributed by atoms with Crippen molar-refractivity contribution in [2.75, 3.05) is 6.54 Å². The number of aromatic hydroxyl groups is 1. The fourth-order valence-electron chi connectivity index (χ4n) is 4.85. The van der Waals surface area contributed by atoms with E-state index >= 15 is 0 Å². The molecule has 3 aromatic carbocycles. The fourth-order valence-corrected chi connectivity index (χ4v) is 4.85. The van der Waals surface area contributed by atoms with Crippen LogP contribution in [0.25, 0.3) is 22.6 Å². The molecular weight excluding hydrogens is 484 g/mol. The van der Waals surface area contributed by atoms with E-state index in [2.05, 4.69) is 78.8 Å². The van der Waals surface area contributed by atoms with Gasteiger partial charge in [0.1, 0.15) is 11.6 Å². The number of unbranched alkanes of at least 4 members (excludes halogenated alkanes) is 1. The summed E-state index contributed by atoms with van der Waals surface area (Å²) in [7, 11) is 0. The summed E-state index contributed by atoms with van der Waals surface area (Å²) in [5.74, 6) is 0.839. The number of carbonyl (C=O) groups is 1. The van der Waals surface area contributed by atoms with Crippen LogP contribution < -0.4 is 5.73 Å². The number of phenols is 1. The zero-order valence-electron chi connectivity index (χ0n) is 23.3. The van der Waals surface area contributed by atoms with Crippen molar-refractivity contribution in [3.05, 3.63) is 95.7 Å². The number of carbonyl (C=O) groups excluding carboxylic acids is 1. The van der Waals surface area contributed by atoms with Crippen molar-refractivity contribution in [2.24, 2.45) is 11.7 Å². The van der Waals surface area contributed by atoms with Gasteiger partial charge in [-0.25, -0.2) is 4.98 Å². The van der Waals surface area contributed by atoms with E-state index in [4.69, 9.17) is 10.7 Å². The molecule has 1 amide bonds. The first kappa shape index (κ1) is 28.1. The standard InChI is InChI=1S/C33H40N4O2/c1-4-5-19-37-29(31(26-12-8-6-9-13-26)35-33(37)27-14-10-7-11-15-27)23-36(20-18-24(2)3)22-25-16-17-28(32(34)39)30(38)21-25/h6-17,21,24,38H,4-5,18-20,22-23H2,1-3H3,(H2,34,39). The Bertz CT molecular complexity index is 1360. The van der Waals surface area contributed by atoms with Crippen LogP contribution >= 0.6 is 0 Å². The smallest absolute Gasteiger partial charge is 0.252 e. The Morgan fingerprint density at radius 2 is 1.64 bits per heavy atom. The zero-order valence-corrected chi connectivity index (χ0v) is 23.3. The highest BCUT2D eigenvalue weighted by molar-refractivity contribution is 5.95. The number of nitrogens with zero attached hydrogens (tertiary/aromatic N) is 3. The van der Waals surface area contributed by atoms with Crippen LogP contribution in [0.3, 0.4) is 0 Å². The highest BCUT2D eigenvalue weighted by atomic mass is 16.3. The van der Waals surface area contributed by atoms with Gasteiger partial charge in [-0.2, -0.15) is 0 Å². The minimum absolute atomic E-state index is 0.0758. The van der Waals surface area contributed by atoms with Crippen LogP contribution in [0.2, 0.25) is 0 Å². The molecule has 1 heterocycles. The van der Waals surface area contributed by atoms with E-state index in [9.17, 15) is 9.90 Å². The molecule has 6 heteroatoms. The molecule has 0 saturated heterocycles. The van der Waals surface area contributed by atoms with E-state index in [0.29, 0.717) is 19.0 Å². The van der Waals surface area contributed by atoms with Crippen LogP contribution in [0.1, 0.15) is 61.6 Å². The van der Waals surface area contributed by atoms with Gasteiger partial charge in [0.25, 0.3) is 5.91 Å². The van der Waals surface area contributed by atoms with Gasteiger partial charge >= 0.3 is 0 Å². The lowest BCUT2D eigenvalue weighted by atomic mass is 10.1. The van der Waals surface area contributed by atoms with Gasteiger partial charge in [0.05, 0.1) is 17.0 Å². The highest BCUT2D eigenvalue weighted by Crippen LogP contribution is 2.32. The van der Waals surface area contributed by atoms with Crippen molar-refractivity contribution in [2.45, 2.75) is 59.7 Å². The first-order chi connectivity index (χ1) is 18.9. The molecule has 0 saturated carbocycles. The van der Waals surface area contributed by atoms with Crippen LogP contribution in [0.4, 0.5) is 0 Å². The van der Waals surface area contributed by atoms with Gasteiger partial charge in [0.15, 0.2) is 0 Å². The van der Waals surface area contributed by atoms with E-state index < -0.39 is 5.91 Å². The summed E-state index contributed by atoms with van der Waals surface area (Å²) >= 11 is 0. The Labute approximate surface area is 232 Å². The molecule has 204 valence electrons. The van der Waals surface area contributed by atoms with Crippen molar-refractivity contribution in [3.63, 3.8) is 0 Å². The number of primary amides is 1. The Balaban J connectivity index is 1.78. The molecule has 0 spiro atoms. The molecule has 0 bridgehead atoms. The maximum absolute atomic E-state index is 11.6. The molecule has 0 radical (unpaired) electrons. The molecule has 0 unspecified atom stereocenters. The van der Waals surface area contributed by atoms with Gasteiger partial charge in [-0.15, -0.1) is 0 Å². The number of aromatic nitrogens is 2. The largest absolute Gasteiger partial charge is 0.507 e. The monoisotopic (exact) mass is 524 g/mol. The van der Waals surface area contributed by atoms with Gasteiger partial charge in [-0.1, -0.05) is 93.9 Å². The van der Waals surface area contributed by atoms with E-state index in [1.165, 1.54) is 5.69 Å². The van der Waals surface area contributed by atoms with Crippen molar-refractivity contribution in [1.82, 2.24) is 14.5 Å². The van der Waals surface area contributed by atoms with Crippen molar-refractivity contribution in [3.8, 4) is 28.4 Å². The van der Waals surface area contributed by atoms with Gasteiger partial charge in [-0.3, -0.25) is 9.69 Å². The quantitative estimate of drug-likeness (QED) is 0.200. The number of hydrogen-bond acceptors (Lipinski definition) is 4. The SMILES string of the molecule is CCCCn1c(-c2ccccc2)nc(-c2ccccc2)c1CN(CCC(C)C)Cc1ccc(C(N)=O)c(O)c1. The van der Waals surface area contributed by atoms with Crippen molar-refractivity contribution >= 4 is 5.91 Å². The summed E-state index contributed by atoms with van der Waals surface area (Å²) in [5, 5.41) is 10.4. The summed E-state index contributed by atoms with van der Waals surface area (Å²) in [6.45, 7) is 9.81. The molecule has 39 heavy (non-hydrogen) atoms. The predicted molar refractivity (Wildman–Crippen MR) is 158 cm³/mol. The second-order valence-electron chi connectivity index (χ2n) is 10.6. The predicted octanol–water partition coefficient (Wildman–Crippen LogP) is 6.87. The number of imidazole rings is 1. The summed E-state index contributed by atoms with van der Waals surface area (Å²) in [6, 6.07) is 26.0. The van der Waals surface area contributed by atoms with Crippen LogP contribution in [0.5, 0.6) is 5.75 Å². The summed E-state index contributed by atoms with van der Waals surface area (Å²) < 4.78 is 2.40. The first-order valence-electron chi connectivity index (χ1n) is 13.9. The van der Waals surface area contributed by atoms with Crippen LogP contribution in [-0.2, 0) is 19.6 Å². The summed E-state index contributed by atoms with van der Waals surface area (Å²) in [6.07, 6.45) is 3.20. The fraction of sp³-hybridized carbons (Fsp3) is 0.333. The molecule has 0 aliphatic heterocycles. The molecule has 0 aliphatic carbocycles. The second kappa shape index (κ2) is 13.3. The Hall–Kier alpha value is -3.90. The minimum Gasteiger partial charge on any atom is -0.507 e. The minimum atomic E-state index is -0.628. The molecule has 4 rings (SSSR count). The van der Waals surface area contributed by atoms with E-state index in [1.54, 1.807) is 12.1 Å². The van der Waals surface area contributed by atoms with Gasteiger partial charge < -0.3 is 15.4 Å². The first-order valence-corrected chi connectivity index (χ1v) is 13.9. The lowest BCUT2D eigenvalue weighted by Crippen LogP contribution is -2.27. The summed E-state index contributed by atoms with van der Waals surface area (Å²) in [4.78, 5) is 19.3. The maximum Gasteiger partial charge on any atom is 0.252 e. The normalized spacial score (nSPS) is 11.4. The number of amides is 1. The molecule has 0 fully saturated rings. The molecule has 4 aromatic rings. The number of benzene rings is 3. The third-order valence-electron chi connectivity index (χ3n) is 7.02. The molecule has 1 aromatic heterocycles. The van der Waals surface area contributed by atoms with Gasteiger partial charge in [0.2, 0.25) is 0 Å². The average Bonchev–Trinajstić information content (AvgIpc) is 3.29. The Kier molecular flexibility index (Phi) is 9.55. The Morgan fingerprint density at radius 3 is 2.23 bits per heavy atom. The van der Waals surface area contributed by atoms with Crippen LogP contribution in [0.15, 0.2) is 78.9 Å². The van der Waals surface area contributed by atoms with Gasteiger partial charge in [0, 0.05) is 30.8 Å². The Morgan fingerprint density at radius 1 is 0.974 bits per heavy atom. The number of hydrogen-bond donors (Lipinski definition) is 2. The van der Waals surface area contributed by atoms with E-state index in [1.807, 2.05) is 18.2 Å². The lowest BCUT2D eigenvalue weighted by Gasteiger charge is -2.25.